The van der Waals surface area contributed by atoms with E-state index in [0.29, 0.717) is 47.7 Å². The van der Waals surface area contributed by atoms with E-state index in [1.54, 1.807) is 12.0 Å². The number of nitrogens with one attached hydrogen (secondary N) is 3. The molecule has 1 saturated carbocycles. The average molecular weight is 523 g/mol. The second-order valence-corrected chi connectivity index (χ2v) is 9.95. The number of rotatable bonds is 9. The van der Waals surface area contributed by atoms with Crippen LogP contribution in [-0.2, 0) is 22.1 Å². The highest BCUT2D eigenvalue weighted by Gasteiger charge is 2.29. The number of aromatic nitrogens is 2. The smallest absolute Gasteiger partial charge is 0.229 e. The van der Waals surface area contributed by atoms with E-state index in [-0.39, 0.29) is 17.9 Å². The van der Waals surface area contributed by atoms with Gasteiger partial charge in [0.15, 0.2) is 5.82 Å². The molecule has 1 aliphatic carbocycles. The fraction of sp³-hybridized carbons (Fsp3) is 0.522. The van der Waals surface area contributed by atoms with Crippen LogP contribution >= 0.6 is 11.6 Å². The van der Waals surface area contributed by atoms with Crippen LogP contribution in [0.2, 0.25) is 5.02 Å². The molecule has 1 aromatic heterocycles. The van der Waals surface area contributed by atoms with E-state index in [2.05, 4.69) is 25.3 Å². The highest BCUT2D eigenvalue weighted by molar-refractivity contribution is 7.70. The maximum atomic E-state index is 12.5. The van der Waals surface area contributed by atoms with Gasteiger partial charge >= 0.3 is 0 Å². The van der Waals surface area contributed by atoms with Crippen LogP contribution in [0, 0.1) is 5.92 Å². The minimum atomic E-state index is -2.62. The number of carbonyl (C=O) groups excluding carboxylic acids is 1. The first-order chi connectivity index (χ1) is 16.9. The van der Waals surface area contributed by atoms with Crippen LogP contribution in [0.25, 0.3) is 0 Å². The maximum absolute atomic E-state index is 12.5. The molecule has 3 N–H and O–H groups in total. The lowest BCUT2D eigenvalue weighted by molar-refractivity contribution is -0.118. The Hall–Kier alpha value is -2.63. The Kier molecular flexibility index (Phi) is 8.30. The Bertz CT molecular complexity index is 1150. The molecular formula is C23H31ClN6O4S. The number of hydrogen-bond donors (Lipinski definition) is 4. The van der Waals surface area contributed by atoms with E-state index < -0.39 is 10.9 Å². The van der Waals surface area contributed by atoms with Gasteiger partial charge in [0, 0.05) is 31.1 Å². The van der Waals surface area contributed by atoms with Gasteiger partial charge in [-0.25, -0.2) is 18.1 Å². The van der Waals surface area contributed by atoms with Crippen molar-refractivity contribution in [2.75, 3.05) is 35.7 Å². The largest absolute Gasteiger partial charge is 0.494 e. The molecule has 0 bridgehead atoms. The Balaban J connectivity index is 1.57. The molecule has 1 amide bonds. The fourth-order valence-electron chi connectivity index (χ4n) is 4.96. The molecule has 0 radical (unpaired) electrons. The number of halogens is 1. The molecule has 4 rings (SSSR count). The third-order valence-electron chi connectivity index (χ3n) is 6.62. The van der Waals surface area contributed by atoms with Gasteiger partial charge in [-0.3, -0.25) is 4.79 Å². The quantitative estimate of drug-likeness (QED) is 0.370. The topological polar surface area (TPSA) is 126 Å². The Morgan fingerprint density at radius 3 is 2.80 bits per heavy atom. The molecule has 1 fully saturated rings. The van der Waals surface area contributed by atoms with Crippen LogP contribution in [0.5, 0.6) is 5.75 Å². The van der Waals surface area contributed by atoms with Crippen molar-refractivity contribution >= 4 is 51.5 Å². The molecule has 0 saturated heterocycles. The van der Waals surface area contributed by atoms with E-state index in [9.17, 15) is 13.2 Å². The third-order valence-corrected chi connectivity index (χ3v) is 7.34. The highest BCUT2D eigenvalue weighted by Crippen LogP contribution is 2.40. The Morgan fingerprint density at radius 2 is 2.06 bits per heavy atom. The summed E-state index contributed by atoms with van der Waals surface area (Å²) in [4.78, 5) is 23.2. The first-order valence-electron chi connectivity index (χ1n) is 11.9. The zero-order valence-corrected chi connectivity index (χ0v) is 21.5. The molecule has 2 aliphatic rings. The van der Waals surface area contributed by atoms with Crippen LogP contribution in [-0.4, -0.2) is 50.5 Å². The predicted octanol–water partition coefficient (Wildman–Crippen LogP) is 3.27. The van der Waals surface area contributed by atoms with Gasteiger partial charge in [0.2, 0.25) is 22.7 Å². The SMILES string of the molecule is CCN1C(=O)CCCc2c1ccc(Nc1ncc(Cl)c(NC3CCCC3CN[SH](=O)=O)n1)c2OC. The van der Waals surface area contributed by atoms with Crippen molar-refractivity contribution in [1.82, 2.24) is 14.7 Å². The number of nitrogens with zero attached hydrogens (tertiary/aromatic N) is 3. The summed E-state index contributed by atoms with van der Waals surface area (Å²) in [6.45, 7) is 2.95. The van der Waals surface area contributed by atoms with Crippen molar-refractivity contribution in [2.45, 2.75) is 51.5 Å². The minimum Gasteiger partial charge on any atom is -0.494 e. The van der Waals surface area contributed by atoms with E-state index in [1.165, 1.54) is 6.20 Å². The molecule has 2 aromatic rings. The molecule has 0 spiro atoms. The first-order valence-corrected chi connectivity index (χ1v) is 13.4. The summed E-state index contributed by atoms with van der Waals surface area (Å²) in [5.74, 6) is 1.77. The number of carbonyl (C=O) groups is 1. The van der Waals surface area contributed by atoms with E-state index in [0.717, 1.165) is 43.4 Å². The molecule has 1 aliphatic heterocycles. The molecule has 2 atom stereocenters. The number of benzene rings is 1. The first kappa shape index (κ1) is 25.5. The number of fused-ring (bicyclic) bond motifs is 1. The second-order valence-electron chi connectivity index (χ2n) is 8.71. The van der Waals surface area contributed by atoms with Gasteiger partial charge in [-0.1, -0.05) is 18.0 Å². The van der Waals surface area contributed by atoms with Gasteiger partial charge < -0.3 is 20.3 Å². The highest BCUT2D eigenvalue weighted by atomic mass is 35.5. The molecule has 2 unspecified atom stereocenters. The summed E-state index contributed by atoms with van der Waals surface area (Å²) in [5.41, 5.74) is 2.56. The summed E-state index contributed by atoms with van der Waals surface area (Å²) in [6, 6.07) is 3.85. The summed E-state index contributed by atoms with van der Waals surface area (Å²) < 4.78 is 30.1. The van der Waals surface area contributed by atoms with Gasteiger partial charge in [-0.05, 0) is 50.7 Å². The van der Waals surface area contributed by atoms with Gasteiger partial charge in [0.25, 0.3) is 0 Å². The molecule has 12 heteroatoms. The number of thiol groups is 1. The minimum absolute atomic E-state index is 0.0531. The van der Waals surface area contributed by atoms with E-state index in [1.807, 2.05) is 19.1 Å². The van der Waals surface area contributed by atoms with Crippen LogP contribution in [0.3, 0.4) is 0 Å². The number of ether oxygens (including phenoxy) is 1. The van der Waals surface area contributed by atoms with Crippen molar-refractivity contribution in [2.24, 2.45) is 5.92 Å². The van der Waals surface area contributed by atoms with Crippen molar-refractivity contribution in [1.29, 1.82) is 0 Å². The number of amides is 1. The molecule has 2 heterocycles. The Labute approximate surface area is 211 Å². The maximum Gasteiger partial charge on any atom is 0.229 e. The van der Waals surface area contributed by atoms with Gasteiger partial charge in [0.1, 0.15) is 10.8 Å². The predicted molar refractivity (Wildman–Crippen MR) is 137 cm³/mol. The number of hydrogen-bond acceptors (Lipinski definition) is 8. The second kappa shape index (κ2) is 11.4. The van der Waals surface area contributed by atoms with Crippen molar-refractivity contribution in [3.8, 4) is 5.75 Å². The standard InChI is InChI=1S/C23H31ClN6O4S/c1-3-30-19-11-10-18(21(34-2)15(19)7-5-9-20(30)31)28-23-25-13-16(24)22(29-23)27-17-8-4-6-14(17)12-26-35(32)33/h10-11,13-14,17,35H,3-9,12H2,1-2H3,(H,26,32,33)(H2,25,27,28,29). The van der Waals surface area contributed by atoms with E-state index in [4.69, 9.17) is 16.3 Å². The summed E-state index contributed by atoms with van der Waals surface area (Å²) in [5, 5.41) is 7.00. The molecule has 190 valence electrons. The molecule has 1 aromatic carbocycles. The van der Waals surface area contributed by atoms with Crippen LogP contribution in [0.15, 0.2) is 18.3 Å². The lowest BCUT2D eigenvalue weighted by Gasteiger charge is -2.24. The van der Waals surface area contributed by atoms with E-state index >= 15 is 0 Å². The number of methoxy groups -OCH3 is 1. The van der Waals surface area contributed by atoms with Crippen molar-refractivity contribution in [3.63, 3.8) is 0 Å². The number of anilines is 4. The summed E-state index contributed by atoms with van der Waals surface area (Å²) >= 11 is 6.38. The van der Waals surface area contributed by atoms with Crippen LogP contribution in [0.4, 0.5) is 23.1 Å². The van der Waals surface area contributed by atoms with Gasteiger partial charge in [-0.2, -0.15) is 4.98 Å². The Morgan fingerprint density at radius 1 is 1.23 bits per heavy atom. The zero-order valence-electron chi connectivity index (χ0n) is 19.8. The lowest BCUT2D eigenvalue weighted by atomic mass is 10.0. The van der Waals surface area contributed by atoms with Gasteiger partial charge in [-0.15, -0.1) is 0 Å². The normalized spacial score (nSPS) is 20.0. The molecule has 35 heavy (non-hydrogen) atoms. The van der Waals surface area contributed by atoms with Crippen LogP contribution < -0.4 is 25.0 Å². The average Bonchev–Trinajstić information content (AvgIpc) is 3.21. The molecular weight excluding hydrogens is 492 g/mol. The summed E-state index contributed by atoms with van der Waals surface area (Å²) in [6.07, 6.45) is 6.34. The van der Waals surface area contributed by atoms with Gasteiger partial charge in [0.05, 0.1) is 24.7 Å². The lowest BCUT2D eigenvalue weighted by Crippen LogP contribution is -2.32. The van der Waals surface area contributed by atoms with Crippen LogP contribution in [0.1, 0.15) is 44.6 Å². The summed E-state index contributed by atoms with van der Waals surface area (Å²) in [7, 11) is -1.01. The van der Waals surface area contributed by atoms with Crippen molar-refractivity contribution in [3.05, 3.63) is 28.9 Å². The monoisotopic (exact) mass is 522 g/mol. The fourth-order valence-corrected chi connectivity index (χ4v) is 5.49. The molecule has 10 nitrogen and oxygen atoms in total. The van der Waals surface area contributed by atoms with Crippen molar-refractivity contribution < 1.29 is 17.9 Å². The zero-order chi connectivity index (χ0) is 24.9. The third kappa shape index (κ3) is 5.79.